The van der Waals surface area contributed by atoms with Gasteiger partial charge in [0, 0.05) is 0 Å². The van der Waals surface area contributed by atoms with Crippen LogP contribution in [0.15, 0.2) is 121 Å². The Hall–Kier alpha value is -4.36. The van der Waals surface area contributed by atoms with E-state index in [9.17, 15) is 0 Å². The quantitative estimate of drug-likeness (QED) is 0.115. The molecule has 60 heavy (non-hydrogen) atoms. The SMILES string of the molecule is Cc1cc(C)cc(-c2ccc(-c3cc(C)cc(C)c3)c3[cH-]c(C(C)C)cc23)c1.Cc1cc(C)cc(-c2ccc(-c3cc(C)cc(C)c3)c3[cH-]c(C(C)C)cc23)c1.[CH3-].[CH3-].[Si]=[Zr]. The average Bonchev–Trinajstić information content (AvgIpc) is 3.80. The molecule has 0 N–H and O–H groups in total. The van der Waals surface area contributed by atoms with Gasteiger partial charge in [0.05, 0.1) is 0 Å². The Kier molecular flexibility index (Phi) is 16.5. The van der Waals surface area contributed by atoms with Gasteiger partial charge in [0.15, 0.2) is 0 Å². The number of hydrogen-bond acceptors (Lipinski definition) is 0. The van der Waals surface area contributed by atoms with Crippen LogP contribution in [0.3, 0.4) is 0 Å². The van der Waals surface area contributed by atoms with Crippen molar-refractivity contribution in [3.05, 3.63) is 192 Å². The fraction of sp³-hybridized carbons (Fsp3) is 0.241. The van der Waals surface area contributed by atoms with Crippen LogP contribution in [-0.4, -0.2) is 6.88 Å². The van der Waals surface area contributed by atoms with Gasteiger partial charge in [-0.3, -0.25) is 0 Å². The van der Waals surface area contributed by atoms with Gasteiger partial charge in [-0.15, -0.1) is 44.8 Å². The van der Waals surface area contributed by atoms with Crippen molar-refractivity contribution in [3.63, 3.8) is 0 Å². The molecule has 2 radical (unpaired) electrons. The first-order valence-corrected chi connectivity index (χ1v) is 24.9. The van der Waals surface area contributed by atoms with Gasteiger partial charge in [-0.1, -0.05) is 203 Å². The number of hydrogen-bond donors (Lipinski definition) is 0. The van der Waals surface area contributed by atoms with E-state index in [2.05, 4.69) is 211 Å². The van der Waals surface area contributed by atoms with Crippen LogP contribution in [-0.2, 0) is 23.3 Å². The number of benzene rings is 6. The van der Waals surface area contributed by atoms with Gasteiger partial charge < -0.3 is 14.9 Å². The molecule has 0 amide bonds. The van der Waals surface area contributed by atoms with Gasteiger partial charge in [0.25, 0.3) is 0 Å². The van der Waals surface area contributed by atoms with Crippen LogP contribution in [0.25, 0.3) is 66.1 Å². The van der Waals surface area contributed by atoms with E-state index in [1.165, 1.54) is 145 Å². The monoisotopic (exact) mass is 878 g/mol. The summed E-state index contributed by atoms with van der Waals surface area (Å²) in [5.74, 6) is 1.04. The molecule has 0 aliphatic carbocycles. The molecule has 0 fully saturated rings. The molecule has 0 saturated heterocycles. The number of aryl methyl sites for hydroxylation is 8. The van der Waals surface area contributed by atoms with Crippen LogP contribution in [0.4, 0.5) is 0 Å². The summed E-state index contributed by atoms with van der Waals surface area (Å²) in [5.41, 5.74) is 24.0. The second-order valence-corrected chi connectivity index (χ2v) is 17.4. The molecule has 0 unspecified atom stereocenters. The second-order valence-electron chi connectivity index (χ2n) is 17.4. The third-order valence-electron chi connectivity index (χ3n) is 11.3. The van der Waals surface area contributed by atoms with Crippen molar-refractivity contribution < 1.29 is 23.3 Å². The van der Waals surface area contributed by atoms with E-state index in [0.717, 1.165) is 0 Å². The Morgan fingerprint density at radius 3 is 0.800 bits per heavy atom. The summed E-state index contributed by atoms with van der Waals surface area (Å²) in [4.78, 5) is 0. The Morgan fingerprint density at radius 1 is 0.350 bits per heavy atom. The summed E-state index contributed by atoms with van der Waals surface area (Å²) in [7, 11) is 0. The molecule has 8 aromatic carbocycles. The topological polar surface area (TPSA) is 0 Å². The maximum absolute atomic E-state index is 3.06. The first kappa shape index (κ1) is 48.3. The molecule has 0 aliphatic heterocycles. The Labute approximate surface area is 380 Å². The molecule has 0 saturated carbocycles. The Bertz CT molecular complexity index is 2300. The summed E-state index contributed by atoms with van der Waals surface area (Å²) in [6.45, 7) is 29.6. The van der Waals surface area contributed by atoms with E-state index in [0.29, 0.717) is 11.8 Å². The van der Waals surface area contributed by atoms with Gasteiger partial charge >= 0.3 is 30.2 Å². The third-order valence-corrected chi connectivity index (χ3v) is 11.3. The number of rotatable bonds is 6. The van der Waals surface area contributed by atoms with Crippen molar-refractivity contribution in [2.24, 2.45) is 0 Å². The van der Waals surface area contributed by atoms with Crippen molar-refractivity contribution >= 4 is 28.4 Å². The van der Waals surface area contributed by atoms with E-state index in [1.54, 1.807) is 0 Å². The van der Waals surface area contributed by atoms with Crippen LogP contribution in [0.5, 0.6) is 0 Å². The first-order chi connectivity index (χ1) is 27.6. The molecule has 8 aromatic rings. The molecule has 2 heteroatoms. The van der Waals surface area contributed by atoms with Crippen LogP contribution in [0, 0.1) is 70.2 Å². The molecule has 8 rings (SSSR count). The Morgan fingerprint density at radius 2 is 0.567 bits per heavy atom. The summed E-state index contributed by atoms with van der Waals surface area (Å²) >= 11 is 1.36. The molecule has 0 nitrogen and oxygen atoms in total. The van der Waals surface area contributed by atoms with E-state index in [4.69, 9.17) is 0 Å². The predicted molar refractivity (Wildman–Crippen MR) is 265 cm³/mol. The molecule has 308 valence electrons. The van der Waals surface area contributed by atoms with Crippen molar-refractivity contribution in [2.45, 2.75) is 94.9 Å². The minimum absolute atomic E-state index is 0. The normalized spacial score (nSPS) is 10.8. The molecular formula is C58H64SiZr-4. The number of fused-ring (bicyclic) bond motifs is 2. The van der Waals surface area contributed by atoms with Crippen LogP contribution in [0.2, 0.25) is 0 Å². The third kappa shape index (κ3) is 10.7. The zero-order chi connectivity index (χ0) is 42.0. The summed E-state index contributed by atoms with van der Waals surface area (Å²) in [6, 6.07) is 46.3. The van der Waals surface area contributed by atoms with Gasteiger partial charge in [-0.2, -0.15) is 12.1 Å². The van der Waals surface area contributed by atoms with Gasteiger partial charge in [0.1, 0.15) is 0 Å². The summed E-state index contributed by atoms with van der Waals surface area (Å²) in [5, 5.41) is 5.46. The summed E-state index contributed by atoms with van der Waals surface area (Å²) < 4.78 is 0. The van der Waals surface area contributed by atoms with Crippen LogP contribution < -0.4 is 0 Å². The zero-order valence-corrected chi connectivity index (χ0v) is 42.2. The van der Waals surface area contributed by atoms with E-state index >= 15 is 0 Å². The molecule has 0 aliphatic rings. The van der Waals surface area contributed by atoms with Gasteiger partial charge in [-0.05, 0) is 78.4 Å². The van der Waals surface area contributed by atoms with E-state index < -0.39 is 0 Å². The van der Waals surface area contributed by atoms with Gasteiger partial charge in [0.2, 0.25) is 0 Å². The predicted octanol–water partition coefficient (Wildman–Crippen LogP) is 17.0. The zero-order valence-electron chi connectivity index (χ0n) is 38.7. The molecule has 0 heterocycles. The van der Waals surface area contributed by atoms with E-state index in [-0.39, 0.29) is 14.9 Å². The standard InChI is InChI=1S/2C28H29.2CH3.Si.Zr/c2*1-17(2)22-15-27-25(23-11-18(3)9-19(4)12-23)7-8-26(28(27)16-22)24-13-20(5)10-21(6)14-24;;;;/h2*7-17H,1-6H3;2*1H3;;/q4*-1;;. The minimum atomic E-state index is 0. The van der Waals surface area contributed by atoms with Crippen LogP contribution in [0.1, 0.15) is 95.2 Å². The summed E-state index contributed by atoms with van der Waals surface area (Å²) in [6.07, 6.45) is 0. The maximum atomic E-state index is 3.06. The van der Waals surface area contributed by atoms with E-state index in [1.807, 2.05) is 0 Å². The van der Waals surface area contributed by atoms with Gasteiger partial charge in [-0.25, -0.2) is 0 Å². The average molecular weight is 880 g/mol. The van der Waals surface area contributed by atoms with Crippen molar-refractivity contribution in [1.29, 1.82) is 0 Å². The molecule has 0 bridgehead atoms. The molecule has 0 spiro atoms. The Balaban J connectivity index is 0.000000246. The van der Waals surface area contributed by atoms with Crippen molar-refractivity contribution in [2.75, 3.05) is 0 Å². The molecular weight excluding hydrogens is 816 g/mol. The van der Waals surface area contributed by atoms with Crippen molar-refractivity contribution in [1.82, 2.24) is 0 Å². The van der Waals surface area contributed by atoms with Crippen molar-refractivity contribution in [3.8, 4) is 44.5 Å². The fourth-order valence-corrected chi connectivity index (χ4v) is 8.84. The first-order valence-electron chi connectivity index (χ1n) is 20.7. The fourth-order valence-electron chi connectivity index (χ4n) is 8.84. The molecule has 0 atom stereocenters. The van der Waals surface area contributed by atoms with Crippen LogP contribution >= 0.6 is 0 Å². The molecule has 0 aromatic heterocycles. The second kappa shape index (κ2) is 20.5.